The highest BCUT2D eigenvalue weighted by molar-refractivity contribution is 5.69. The minimum absolute atomic E-state index is 0.0622. The van der Waals surface area contributed by atoms with Crippen molar-refractivity contribution in [1.29, 1.82) is 0 Å². The number of methoxy groups -OCH3 is 1. The molecule has 1 aliphatic rings. The average molecular weight is 478 g/mol. The molecule has 4 heterocycles. The first kappa shape index (κ1) is 23.6. The number of alkyl halides is 3. The Hall–Kier alpha value is -3.57. The van der Waals surface area contributed by atoms with E-state index in [9.17, 15) is 18.0 Å². The van der Waals surface area contributed by atoms with Crippen molar-refractivity contribution >= 4 is 17.6 Å². The van der Waals surface area contributed by atoms with Gasteiger partial charge in [-0.15, -0.1) is 0 Å². The van der Waals surface area contributed by atoms with Crippen LogP contribution in [0.2, 0.25) is 0 Å². The minimum Gasteiger partial charge on any atom is -0.494 e. The lowest BCUT2D eigenvalue weighted by Gasteiger charge is -2.24. The fraction of sp³-hybridized carbons (Fsp3) is 0.455. The molecule has 182 valence electrons. The second-order valence-corrected chi connectivity index (χ2v) is 8.87. The van der Waals surface area contributed by atoms with Crippen molar-refractivity contribution in [3.05, 3.63) is 36.2 Å². The predicted octanol–water partition coefficient (Wildman–Crippen LogP) is 4.11. The highest BCUT2D eigenvalue weighted by Crippen LogP contribution is 2.30. The minimum atomic E-state index is -2.84. The summed E-state index contributed by atoms with van der Waals surface area (Å²) in [7, 11) is 1.28. The van der Waals surface area contributed by atoms with Gasteiger partial charge in [0, 0.05) is 12.6 Å². The lowest BCUT2D eigenvalue weighted by atomic mass is 10.2. The number of amides is 1. The first-order chi connectivity index (χ1) is 16.1. The second-order valence-electron chi connectivity index (χ2n) is 8.87. The molecule has 0 bridgehead atoms. The first-order valence-corrected chi connectivity index (χ1v) is 10.6. The summed E-state index contributed by atoms with van der Waals surface area (Å²) in [6.07, 6.45) is -3.28. The van der Waals surface area contributed by atoms with Gasteiger partial charge in [-0.3, -0.25) is 0 Å². The number of nitrogens with zero attached hydrogens (tertiary/aromatic N) is 5. The quantitative estimate of drug-likeness (QED) is 0.590. The van der Waals surface area contributed by atoms with Crippen molar-refractivity contribution in [1.82, 2.24) is 24.5 Å². The maximum Gasteiger partial charge on any atom is 0.410 e. The number of imidazole rings is 1. The molecule has 2 atom stereocenters. The van der Waals surface area contributed by atoms with Crippen LogP contribution in [0, 0.1) is 0 Å². The van der Waals surface area contributed by atoms with Gasteiger partial charge in [-0.25, -0.2) is 32.4 Å². The predicted molar refractivity (Wildman–Crippen MR) is 118 cm³/mol. The van der Waals surface area contributed by atoms with Gasteiger partial charge < -0.3 is 19.7 Å². The number of likely N-dealkylation sites (tertiary alicyclic amines) is 1. The van der Waals surface area contributed by atoms with Gasteiger partial charge in [-0.05, 0) is 32.9 Å². The van der Waals surface area contributed by atoms with Crippen molar-refractivity contribution in [3.8, 4) is 17.1 Å². The summed E-state index contributed by atoms with van der Waals surface area (Å²) in [5.41, 5.74) is -0.115. The van der Waals surface area contributed by atoms with Gasteiger partial charge in [0.05, 0.1) is 31.6 Å². The number of halogens is 3. The molecule has 0 aromatic carbocycles. The Morgan fingerprint density at radius 2 is 2.03 bits per heavy atom. The van der Waals surface area contributed by atoms with Crippen LogP contribution in [0.4, 0.5) is 23.8 Å². The number of anilines is 1. The number of carbonyl (C=O) groups excluding carboxylic acids is 1. The lowest BCUT2D eigenvalue weighted by molar-refractivity contribution is 0.0283. The zero-order valence-electron chi connectivity index (χ0n) is 19.1. The van der Waals surface area contributed by atoms with E-state index in [-0.39, 0.29) is 18.8 Å². The van der Waals surface area contributed by atoms with Gasteiger partial charge in [-0.2, -0.15) is 5.10 Å². The van der Waals surface area contributed by atoms with Crippen LogP contribution < -0.4 is 10.1 Å². The molecule has 0 unspecified atom stereocenters. The number of fused-ring (bicyclic) bond motifs is 1. The van der Waals surface area contributed by atoms with Gasteiger partial charge in [0.1, 0.15) is 23.3 Å². The van der Waals surface area contributed by atoms with E-state index in [0.717, 1.165) is 0 Å². The van der Waals surface area contributed by atoms with Crippen LogP contribution in [0.5, 0.6) is 5.75 Å². The average Bonchev–Trinajstić information content (AvgIpc) is 3.35. The molecule has 1 N–H and O–H groups in total. The maximum absolute atomic E-state index is 14.6. The van der Waals surface area contributed by atoms with Crippen molar-refractivity contribution < 1.29 is 27.4 Å². The molecule has 3 aromatic heterocycles. The van der Waals surface area contributed by atoms with Gasteiger partial charge in [-0.1, -0.05) is 6.07 Å². The molecular formula is C22H25F3N6O3. The Balaban J connectivity index is 1.56. The number of ether oxygens (including phenoxy) is 2. The molecular weight excluding hydrogens is 453 g/mol. The third-order valence-electron chi connectivity index (χ3n) is 5.16. The van der Waals surface area contributed by atoms with Crippen molar-refractivity contribution in [2.45, 2.75) is 45.0 Å². The molecule has 0 radical (unpaired) electrons. The molecule has 34 heavy (non-hydrogen) atoms. The highest BCUT2D eigenvalue weighted by atomic mass is 19.3. The number of rotatable bonds is 5. The van der Waals surface area contributed by atoms with Gasteiger partial charge in [0.15, 0.2) is 17.1 Å². The van der Waals surface area contributed by atoms with Crippen LogP contribution in [-0.2, 0) is 4.74 Å². The van der Waals surface area contributed by atoms with Crippen molar-refractivity contribution in [3.63, 3.8) is 0 Å². The van der Waals surface area contributed by atoms with Gasteiger partial charge in [0.2, 0.25) is 0 Å². The standard InChI is InChI=1S/C22H25F3N6O3/c1-22(2,3)34-21(32)30-10-12(23)14(11-30)28-17-7-5-6-13(27-17)15-9-26-18-8-16(33-4)19(20(24)25)29-31(15)18/h5-9,12,14,20H,10-11H2,1-4H3,(H,27,28)/t12-,14-/m0/s1. The largest absolute Gasteiger partial charge is 0.494 e. The summed E-state index contributed by atoms with van der Waals surface area (Å²) in [4.78, 5) is 22.3. The fourth-order valence-electron chi connectivity index (χ4n) is 3.62. The van der Waals surface area contributed by atoms with E-state index in [1.165, 1.54) is 28.8 Å². The molecule has 1 aliphatic heterocycles. The number of aromatic nitrogens is 4. The van der Waals surface area contributed by atoms with E-state index in [2.05, 4.69) is 20.4 Å². The smallest absolute Gasteiger partial charge is 0.410 e. The van der Waals surface area contributed by atoms with Gasteiger partial charge in [0.25, 0.3) is 6.43 Å². The summed E-state index contributed by atoms with van der Waals surface area (Å²) in [6, 6.07) is 5.69. The summed E-state index contributed by atoms with van der Waals surface area (Å²) in [5.74, 6) is 0.293. The third-order valence-corrected chi connectivity index (χ3v) is 5.16. The molecule has 0 saturated carbocycles. The lowest BCUT2D eigenvalue weighted by Crippen LogP contribution is -2.36. The fourth-order valence-corrected chi connectivity index (χ4v) is 3.62. The van der Waals surface area contributed by atoms with Gasteiger partial charge >= 0.3 is 6.09 Å². The van der Waals surface area contributed by atoms with E-state index in [0.29, 0.717) is 22.9 Å². The normalized spacial score (nSPS) is 18.5. The number of carbonyl (C=O) groups is 1. The molecule has 3 aromatic rings. The summed E-state index contributed by atoms with van der Waals surface area (Å²) < 4.78 is 53.0. The zero-order chi connectivity index (χ0) is 24.6. The Bertz CT molecular complexity index is 1200. The topological polar surface area (TPSA) is 93.9 Å². The first-order valence-electron chi connectivity index (χ1n) is 10.6. The molecule has 1 saturated heterocycles. The van der Waals surface area contributed by atoms with Crippen LogP contribution in [0.3, 0.4) is 0 Å². The molecule has 4 rings (SSSR count). The van der Waals surface area contributed by atoms with E-state index < -0.39 is 36.0 Å². The Labute approximate surface area is 193 Å². The summed E-state index contributed by atoms with van der Waals surface area (Å²) in [6.45, 7) is 5.25. The Morgan fingerprint density at radius 3 is 2.71 bits per heavy atom. The number of hydrogen-bond acceptors (Lipinski definition) is 7. The van der Waals surface area contributed by atoms with Crippen LogP contribution >= 0.6 is 0 Å². The van der Waals surface area contributed by atoms with Crippen LogP contribution in [0.1, 0.15) is 32.9 Å². The molecule has 0 spiro atoms. The van der Waals surface area contributed by atoms with E-state index in [1.54, 1.807) is 39.0 Å². The zero-order valence-corrected chi connectivity index (χ0v) is 19.1. The van der Waals surface area contributed by atoms with E-state index in [1.807, 2.05) is 0 Å². The van der Waals surface area contributed by atoms with Crippen molar-refractivity contribution in [2.75, 3.05) is 25.5 Å². The SMILES string of the molecule is COc1cc2ncc(-c3cccc(N[C@H]4CN(C(=O)OC(C)(C)C)C[C@@H]4F)n3)n2nc1C(F)F. The Kier molecular flexibility index (Phi) is 6.24. The molecule has 0 aliphatic carbocycles. The highest BCUT2D eigenvalue weighted by Gasteiger charge is 2.37. The third kappa shape index (κ3) is 4.85. The monoisotopic (exact) mass is 478 g/mol. The molecule has 9 nitrogen and oxygen atoms in total. The van der Waals surface area contributed by atoms with E-state index in [4.69, 9.17) is 9.47 Å². The van der Waals surface area contributed by atoms with Crippen molar-refractivity contribution in [2.24, 2.45) is 0 Å². The summed E-state index contributed by atoms with van der Waals surface area (Å²) in [5, 5.41) is 7.00. The Morgan fingerprint density at radius 1 is 1.26 bits per heavy atom. The molecule has 1 fully saturated rings. The van der Waals surface area contributed by atoms with Crippen LogP contribution in [0.15, 0.2) is 30.5 Å². The number of nitrogens with one attached hydrogen (secondary N) is 1. The molecule has 12 heteroatoms. The number of pyridine rings is 1. The molecule has 1 amide bonds. The summed E-state index contributed by atoms with van der Waals surface area (Å²) >= 11 is 0. The number of hydrogen-bond donors (Lipinski definition) is 1. The maximum atomic E-state index is 14.6. The second kappa shape index (κ2) is 8.99. The van der Waals surface area contributed by atoms with E-state index >= 15 is 0 Å². The van der Waals surface area contributed by atoms with Crippen LogP contribution in [0.25, 0.3) is 17.0 Å². The van der Waals surface area contributed by atoms with Crippen LogP contribution in [-0.4, -0.2) is 68.6 Å².